The van der Waals surface area contributed by atoms with Gasteiger partial charge in [0.1, 0.15) is 11.4 Å². The number of aliphatic hydroxyl groups excluding tert-OH is 1. The van der Waals surface area contributed by atoms with E-state index in [0.29, 0.717) is 5.82 Å². The van der Waals surface area contributed by atoms with Gasteiger partial charge in [-0.2, -0.15) is 5.10 Å². The van der Waals surface area contributed by atoms with Gasteiger partial charge in [-0.25, -0.2) is 9.48 Å². The Morgan fingerprint density at radius 1 is 1.35 bits per heavy atom. The highest BCUT2D eigenvalue weighted by molar-refractivity contribution is 5.85. The number of ether oxygens (including phenoxy) is 1. The van der Waals surface area contributed by atoms with Gasteiger partial charge in [-0.05, 0) is 33.3 Å². The van der Waals surface area contributed by atoms with Gasteiger partial charge in [0.2, 0.25) is 0 Å². The predicted octanol–water partition coefficient (Wildman–Crippen LogP) is 3.20. The van der Waals surface area contributed by atoms with Gasteiger partial charge in [0, 0.05) is 11.6 Å². The minimum atomic E-state index is -0.579. The van der Waals surface area contributed by atoms with Crippen molar-refractivity contribution in [2.45, 2.75) is 39.8 Å². The van der Waals surface area contributed by atoms with E-state index in [1.54, 1.807) is 31.5 Å². The van der Waals surface area contributed by atoms with Crippen LogP contribution in [0.15, 0.2) is 30.3 Å². The van der Waals surface area contributed by atoms with Crippen molar-refractivity contribution in [3.8, 4) is 11.3 Å². The molecule has 0 spiro atoms. The van der Waals surface area contributed by atoms with E-state index < -0.39 is 11.7 Å². The molecule has 1 aromatic carbocycles. The van der Waals surface area contributed by atoms with E-state index >= 15 is 0 Å². The average molecular weight is 317 g/mol. The molecule has 0 radical (unpaired) electrons. The normalized spacial score (nSPS) is 11.3. The van der Waals surface area contributed by atoms with Crippen molar-refractivity contribution in [3.05, 3.63) is 35.9 Å². The first-order valence-electron chi connectivity index (χ1n) is 7.55. The molecule has 0 aliphatic rings. The standard InChI is InChI=1S/C17H23N3O3/c1-12-7-5-6-8-13(12)14-11-15(20(19-14)9-10-21)18-16(22)23-17(2,3)4/h5-8,11,21H,9-10H2,1-4H3,(H,18,22). The third-order valence-corrected chi connectivity index (χ3v) is 3.14. The average Bonchev–Trinajstić information content (AvgIpc) is 2.80. The van der Waals surface area contributed by atoms with Gasteiger partial charge in [0.05, 0.1) is 18.8 Å². The van der Waals surface area contributed by atoms with E-state index in [1.165, 1.54) is 0 Å². The lowest BCUT2D eigenvalue weighted by Gasteiger charge is -2.19. The summed E-state index contributed by atoms with van der Waals surface area (Å²) in [5.41, 5.74) is 2.23. The summed E-state index contributed by atoms with van der Waals surface area (Å²) in [6.45, 7) is 7.62. The first-order valence-corrected chi connectivity index (χ1v) is 7.55. The summed E-state index contributed by atoms with van der Waals surface area (Å²) < 4.78 is 6.82. The van der Waals surface area contributed by atoms with E-state index in [2.05, 4.69) is 10.4 Å². The summed E-state index contributed by atoms with van der Waals surface area (Å²) in [6.07, 6.45) is -0.548. The largest absolute Gasteiger partial charge is 0.444 e. The van der Waals surface area contributed by atoms with E-state index in [4.69, 9.17) is 4.74 Å². The maximum atomic E-state index is 12.0. The molecule has 0 bridgehead atoms. The number of amides is 1. The first-order chi connectivity index (χ1) is 10.8. The Hall–Kier alpha value is -2.34. The van der Waals surface area contributed by atoms with Crippen molar-refractivity contribution in [2.24, 2.45) is 0 Å². The van der Waals surface area contributed by atoms with Crippen LogP contribution < -0.4 is 5.32 Å². The summed E-state index contributed by atoms with van der Waals surface area (Å²) in [7, 11) is 0. The molecule has 0 saturated carbocycles. The van der Waals surface area contributed by atoms with E-state index in [-0.39, 0.29) is 13.2 Å². The van der Waals surface area contributed by atoms with Crippen molar-refractivity contribution >= 4 is 11.9 Å². The molecule has 0 unspecified atom stereocenters. The van der Waals surface area contributed by atoms with Gasteiger partial charge >= 0.3 is 6.09 Å². The summed E-state index contributed by atoms with van der Waals surface area (Å²) in [5.74, 6) is 0.492. The number of hydrogen-bond acceptors (Lipinski definition) is 4. The molecule has 6 nitrogen and oxygen atoms in total. The van der Waals surface area contributed by atoms with Crippen LogP contribution >= 0.6 is 0 Å². The third kappa shape index (κ3) is 4.56. The van der Waals surface area contributed by atoms with Gasteiger partial charge in [0.15, 0.2) is 0 Å². The summed E-state index contributed by atoms with van der Waals surface area (Å²) in [6, 6.07) is 9.65. The molecule has 0 saturated heterocycles. The van der Waals surface area contributed by atoms with Crippen LogP contribution in [0.1, 0.15) is 26.3 Å². The smallest absolute Gasteiger partial charge is 0.413 e. The van der Waals surface area contributed by atoms with Crippen LogP contribution in [0.4, 0.5) is 10.6 Å². The lowest BCUT2D eigenvalue weighted by atomic mass is 10.1. The number of rotatable bonds is 4. The summed E-state index contributed by atoms with van der Waals surface area (Å²) in [4.78, 5) is 12.0. The summed E-state index contributed by atoms with van der Waals surface area (Å²) in [5, 5.41) is 16.4. The fourth-order valence-electron chi connectivity index (χ4n) is 2.18. The number of anilines is 1. The van der Waals surface area contributed by atoms with Crippen LogP contribution in [0.25, 0.3) is 11.3 Å². The maximum absolute atomic E-state index is 12.0. The van der Waals surface area contributed by atoms with Crippen molar-refractivity contribution < 1.29 is 14.6 Å². The minimum absolute atomic E-state index is 0.0715. The highest BCUT2D eigenvalue weighted by Gasteiger charge is 2.19. The molecule has 0 atom stereocenters. The number of aromatic nitrogens is 2. The zero-order valence-electron chi connectivity index (χ0n) is 14.0. The Balaban J connectivity index is 2.29. The third-order valence-electron chi connectivity index (χ3n) is 3.14. The summed E-state index contributed by atoms with van der Waals surface area (Å²) >= 11 is 0. The van der Waals surface area contributed by atoms with Gasteiger partial charge in [-0.15, -0.1) is 0 Å². The molecule has 2 rings (SSSR count). The van der Waals surface area contributed by atoms with Crippen LogP contribution in [-0.4, -0.2) is 33.2 Å². The second-order valence-corrected chi connectivity index (χ2v) is 6.30. The van der Waals surface area contributed by atoms with Crippen LogP contribution in [0.2, 0.25) is 0 Å². The van der Waals surface area contributed by atoms with E-state index in [1.807, 2.05) is 31.2 Å². The molecule has 1 heterocycles. The van der Waals surface area contributed by atoms with E-state index in [9.17, 15) is 9.90 Å². The maximum Gasteiger partial charge on any atom is 0.413 e. The van der Waals surface area contributed by atoms with Gasteiger partial charge in [-0.3, -0.25) is 5.32 Å². The highest BCUT2D eigenvalue weighted by atomic mass is 16.6. The number of hydrogen-bond donors (Lipinski definition) is 2. The Morgan fingerprint density at radius 2 is 2.04 bits per heavy atom. The van der Waals surface area contributed by atoms with Gasteiger partial charge in [-0.1, -0.05) is 24.3 Å². The molecule has 1 aromatic heterocycles. The number of aliphatic hydroxyl groups is 1. The van der Waals surface area contributed by atoms with Crippen LogP contribution in [0.5, 0.6) is 0 Å². The van der Waals surface area contributed by atoms with Crippen molar-refractivity contribution in [2.75, 3.05) is 11.9 Å². The second-order valence-electron chi connectivity index (χ2n) is 6.30. The molecule has 2 aromatic rings. The number of benzene rings is 1. The molecular weight excluding hydrogens is 294 g/mol. The number of carbonyl (C=O) groups is 1. The molecule has 23 heavy (non-hydrogen) atoms. The lowest BCUT2D eigenvalue weighted by molar-refractivity contribution is 0.0634. The molecule has 124 valence electrons. The highest BCUT2D eigenvalue weighted by Crippen LogP contribution is 2.25. The van der Waals surface area contributed by atoms with E-state index in [0.717, 1.165) is 16.8 Å². The monoisotopic (exact) mass is 317 g/mol. The second kappa shape index (κ2) is 6.83. The zero-order valence-corrected chi connectivity index (χ0v) is 14.0. The lowest BCUT2D eigenvalue weighted by Crippen LogP contribution is -2.28. The van der Waals surface area contributed by atoms with Crippen molar-refractivity contribution in [1.82, 2.24) is 9.78 Å². The first kappa shape index (κ1) is 17.0. The molecule has 0 aliphatic carbocycles. The van der Waals surface area contributed by atoms with Crippen LogP contribution in [0, 0.1) is 6.92 Å². The topological polar surface area (TPSA) is 76.4 Å². The number of aryl methyl sites for hydroxylation is 1. The molecule has 1 amide bonds. The Bertz CT molecular complexity index is 687. The molecule has 0 fully saturated rings. The minimum Gasteiger partial charge on any atom is -0.444 e. The molecule has 0 aliphatic heterocycles. The fraction of sp³-hybridized carbons (Fsp3) is 0.412. The quantitative estimate of drug-likeness (QED) is 0.908. The fourth-order valence-corrected chi connectivity index (χ4v) is 2.18. The molecule has 6 heteroatoms. The van der Waals surface area contributed by atoms with Crippen molar-refractivity contribution in [1.29, 1.82) is 0 Å². The molecular formula is C17H23N3O3. The van der Waals surface area contributed by atoms with Gasteiger partial charge in [0.25, 0.3) is 0 Å². The number of carbonyl (C=O) groups excluding carboxylic acids is 1. The van der Waals surface area contributed by atoms with Crippen LogP contribution in [-0.2, 0) is 11.3 Å². The Morgan fingerprint density at radius 3 is 2.65 bits per heavy atom. The SMILES string of the molecule is Cc1ccccc1-c1cc(NC(=O)OC(C)(C)C)n(CCO)n1. The predicted molar refractivity (Wildman–Crippen MR) is 89.3 cm³/mol. The number of nitrogens with one attached hydrogen (secondary N) is 1. The van der Waals surface area contributed by atoms with Crippen LogP contribution in [0.3, 0.4) is 0 Å². The van der Waals surface area contributed by atoms with Gasteiger partial charge < -0.3 is 9.84 Å². The Kier molecular flexibility index (Phi) is 5.05. The molecule has 2 N–H and O–H groups in total. The zero-order chi connectivity index (χ0) is 17.0. The number of nitrogens with zero attached hydrogens (tertiary/aromatic N) is 2. The van der Waals surface area contributed by atoms with Crippen molar-refractivity contribution in [3.63, 3.8) is 0 Å². The Labute approximate surface area is 136 Å².